The van der Waals surface area contributed by atoms with Gasteiger partial charge in [-0.05, 0) is 18.9 Å². The molecule has 0 saturated carbocycles. The van der Waals surface area contributed by atoms with Crippen molar-refractivity contribution in [1.82, 2.24) is 0 Å². The van der Waals surface area contributed by atoms with Crippen LogP contribution in [0, 0.1) is 5.41 Å². The first-order chi connectivity index (χ1) is 6.14. The molecule has 0 amide bonds. The molecule has 0 spiro atoms. The lowest BCUT2D eigenvalue weighted by atomic mass is 9.97. The van der Waals surface area contributed by atoms with Crippen molar-refractivity contribution in [2.24, 2.45) is 5.41 Å². The van der Waals surface area contributed by atoms with Crippen LogP contribution in [0.5, 0.6) is 0 Å². The zero-order valence-electron chi connectivity index (χ0n) is 8.38. The van der Waals surface area contributed by atoms with Crippen molar-refractivity contribution < 1.29 is 14.6 Å². The van der Waals surface area contributed by atoms with Crippen LogP contribution in [0.15, 0.2) is 12.0 Å². The standard InChI is InChI=1S/C10H18O3/c1-10(2,7-11)8-13-9-5-3-4-6-12-9/h5,11H,3-4,6-8H2,1-2H3. The van der Waals surface area contributed by atoms with E-state index in [9.17, 15) is 0 Å². The minimum atomic E-state index is -0.193. The number of hydrogen-bond acceptors (Lipinski definition) is 3. The van der Waals surface area contributed by atoms with E-state index in [-0.39, 0.29) is 12.0 Å². The summed E-state index contributed by atoms with van der Waals surface area (Å²) in [7, 11) is 0. The van der Waals surface area contributed by atoms with E-state index < -0.39 is 0 Å². The van der Waals surface area contributed by atoms with Crippen molar-refractivity contribution in [3.05, 3.63) is 12.0 Å². The van der Waals surface area contributed by atoms with Gasteiger partial charge >= 0.3 is 0 Å². The monoisotopic (exact) mass is 186 g/mol. The van der Waals surface area contributed by atoms with Crippen molar-refractivity contribution in [2.45, 2.75) is 26.7 Å². The second-order valence-corrected chi connectivity index (χ2v) is 4.12. The average Bonchev–Trinajstić information content (AvgIpc) is 2.17. The quantitative estimate of drug-likeness (QED) is 0.726. The molecule has 76 valence electrons. The lowest BCUT2D eigenvalue weighted by Crippen LogP contribution is -2.24. The molecule has 0 atom stereocenters. The molecule has 3 heteroatoms. The third-order valence-corrected chi connectivity index (χ3v) is 1.94. The van der Waals surface area contributed by atoms with Gasteiger partial charge in [0.2, 0.25) is 0 Å². The van der Waals surface area contributed by atoms with E-state index in [0.717, 1.165) is 19.4 Å². The van der Waals surface area contributed by atoms with Crippen molar-refractivity contribution in [3.63, 3.8) is 0 Å². The predicted octanol–water partition coefficient (Wildman–Crippen LogP) is 1.67. The van der Waals surface area contributed by atoms with Crippen LogP contribution in [0.2, 0.25) is 0 Å². The van der Waals surface area contributed by atoms with E-state index in [0.29, 0.717) is 12.6 Å². The Hall–Kier alpha value is -0.700. The zero-order valence-corrected chi connectivity index (χ0v) is 8.38. The molecule has 0 aromatic heterocycles. The zero-order chi connectivity index (χ0) is 9.73. The van der Waals surface area contributed by atoms with Crippen LogP contribution in [0.4, 0.5) is 0 Å². The van der Waals surface area contributed by atoms with Gasteiger partial charge in [-0.2, -0.15) is 0 Å². The maximum Gasteiger partial charge on any atom is 0.274 e. The van der Waals surface area contributed by atoms with Crippen LogP contribution in [0.25, 0.3) is 0 Å². The third-order valence-electron chi connectivity index (χ3n) is 1.94. The normalized spacial score (nSPS) is 17.6. The van der Waals surface area contributed by atoms with Crippen LogP contribution in [-0.2, 0) is 9.47 Å². The molecule has 1 heterocycles. The molecule has 1 aliphatic heterocycles. The Kier molecular flexibility index (Phi) is 3.60. The summed E-state index contributed by atoms with van der Waals surface area (Å²) < 4.78 is 10.7. The molecular formula is C10H18O3. The molecule has 0 aromatic rings. The van der Waals surface area contributed by atoms with E-state index >= 15 is 0 Å². The molecule has 13 heavy (non-hydrogen) atoms. The molecule has 0 aliphatic carbocycles. The molecule has 3 nitrogen and oxygen atoms in total. The van der Waals surface area contributed by atoms with Gasteiger partial charge in [0.1, 0.15) is 0 Å². The number of aliphatic hydroxyl groups is 1. The minimum absolute atomic E-state index is 0.125. The van der Waals surface area contributed by atoms with Gasteiger partial charge in [-0.15, -0.1) is 0 Å². The highest BCUT2D eigenvalue weighted by Crippen LogP contribution is 2.18. The summed E-state index contributed by atoms with van der Waals surface area (Å²) in [6.45, 7) is 5.27. The van der Waals surface area contributed by atoms with Crippen LogP contribution >= 0.6 is 0 Å². The number of rotatable bonds is 4. The predicted molar refractivity (Wildman–Crippen MR) is 50.1 cm³/mol. The molecular weight excluding hydrogens is 168 g/mol. The van der Waals surface area contributed by atoms with Gasteiger partial charge in [-0.25, -0.2) is 0 Å². The van der Waals surface area contributed by atoms with Crippen LogP contribution in [0.1, 0.15) is 26.7 Å². The number of ether oxygens (including phenoxy) is 2. The first kappa shape index (κ1) is 10.4. The fraction of sp³-hybridized carbons (Fsp3) is 0.800. The summed E-state index contributed by atoms with van der Waals surface area (Å²) in [5, 5.41) is 8.98. The smallest absolute Gasteiger partial charge is 0.274 e. The van der Waals surface area contributed by atoms with Crippen LogP contribution in [-0.4, -0.2) is 24.9 Å². The Morgan fingerprint density at radius 3 is 2.92 bits per heavy atom. The number of allylic oxidation sites excluding steroid dienone is 1. The summed E-state index contributed by atoms with van der Waals surface area (Å²) >= 11 is 0. The molecule has 0 bridgehead atoms. The van der Waals surface area contributed by atoms with Gasteiger partial charge in [0.05, 0.1) is 19.8 Å². The maximum atomic E-state index is 8.98. The lowest BCUT2D eigenvalue weighted by Gasteiger charge is -2.23. The maximum absolute atomic E-state index is 8.98. The molecule has 0 fully saturated rings. The number of aliphatic hydroxyl groups excluding tert-OH is 1. The second kappa shape index (κ2) is 4.51. The summed E-state index contributed by atoms with van der Waals surface area (Å²) in [4.78, 5) is 0. The Morgan fingerprint density at radius 1 is 1.62 bits per heavy atom. The van der Waals surface area contributed by atoms with Gasteiger partial charge in [-0.3, -0.25) is 0 Å². The van der Waals surface area contributed by atoms with Gasteiger partial charge < -0.3 is 14.6 Å². The SMILES string of the molecule is CC(C)(CO)COC1=CCCCO1. The lowest BCUT2D eigenvalue weighted by molar-refractivity contribution is -0.0191. The van der Waals surface area contributed by atoms with Crippen molar-refractivity contribution in [3.8, 4) is 0 Å². The third kappa shape index (κ3) is 3.68. The molecule has 0 saturated heterocycles. The van der Waals surface area contributed by atoms with Gasteiger partial charge in [0, 0.05) is 5.41 Å². The fourth-order valence-electron chi connectivity index (χ4n) is 0.948. The van der Waals surface area contributed by atoms with E-state index in [1.807, 2.05) is 19.9 Å². The van der Waals surface area contributed by atoms with Crippen molar-refractivity contribution in [2.75, 3.05) is 19.8 Å². The van der Waals surface area contributed by atoms with E-state index in [2.05, 4.69) is 0 Å². The topological polar surface area (TPSA) is 38.7 Å². The molecule has 1 aliphatic rings. The first-order valence-corrected chi connectivity index (χ1v) is 4.71. The van der Waals surface area contributed by atoms with E-state index in [4.69, 9.17) is 14.6 Å². The van der Waals surface area contributed by atoms with Crippen LogP contribution < -0.4 is 0 Å². The summed E-state index contributed by atoms with van der Waals surface area (Å²) in [5.41, 5.74) is -0.193. The molecule has 1 N–H and O–H groups in total. The van der Waals surface area contributed by atoms with E-state index in [1.165, 1.54) is 0 Å². The van der Waals surface area contributed by atoms with Crippen molar-refractivity contribution >= 4 is 0 Å². The first-order valence-electron chi connectivity index (χ1n) is 4.71. The number of hydrogen-bond donors (Lipinski definition) is 1. The summed E-state index contributed by atoms with van der Waals surface area (Å²) in [5.74, 6) is 0.618. The highest BCUT2D eigenvalue weighted by Gasteiger charge is 2.18. The highest BCUT2D eigenvalue weighted by atomic mass is 16.7. The van der Waals surface area contributed by atoms with Crippen LogP contribution in [0.3, 0.4) is 0 Å². The van der Waals surface area contributed by atoms with Gasteiger partial charge in [-0.1, -0.05) is 13.8 Å². The Bertz CT molecular complexity index is 185. The second-order valence-electron chi connectivity index (χ2n) is 4.12. The summed E-state index contributed by atoms with van der Waals surface area (Å²) in [6.07, 6.45) is 4.04. The average molecular weight is 186 g/mol. The minimum Gasteiger partial charge on any atom is -0.466 e. The molecule has 0 aromatic carbocycles. The van der Waals surface area contributed by atoms with Gasteiger partial charge in [0.15, 0.2) is 0 Å². The Labute approximate surface area is 79.3 Å². The molecule has 1 rings (SSSR count). The highest BCUT2D eigenvalue weighted by molar-refractivity contribution is 4.87. The Balaban J connectivity index is 2.29. The Morgan fingerprint density at radius 2 is 2.38 bits per heavy atom. The van der Waals surface area contributed by atoms with E-state index in [1.54, 1.807) is 0 Å². The molecule has 0 radical (unpaired) electrons. The summed E-state index contributed by atoms with van der Waals surface area (Å²) in [6, 6.07) is 0. The largest absolute Gasteiger partial charge is 0.466 e. The van der Waals surface area contributed by atoms with Crippen molar-refractivity contribution in [1.29, 1.82) is 0 Å². The van der Waals surface area contributed by atoms with Gasteiger partial charge in [0.25, 0.3) is 5.95 Å². The fourth-order valence-corrected chi connectivity index (χ4v) is 0.948. The molecule has 0 unspecified atom stereocenters.